The van der Waals surface area contributed by atoms with Crippen LogP contribution in [0.1, 0.15) is 11.1 Å². The van der Waals surface area contributed by atoms with Gasteiger partial charge in [-0.15, -0.1) is 13.2 Å². The normalized spacial score (nSPS) is 16.2. The molecule has 2 aromatic rings. The molecular weight excluding hydrogens is 365 g/mol. The van der Waals surface area contributed by atoms with Crippen LogP contribution in [0.25, 0.3) is 6.08 Å². The van der Waals surface area contributed by atoms with Gasteiger partial charge in [-0.1, -0.05) is 24.3 Å². The van der Waals surface area contributed by atoms with Crippen LogP contribution in [-0.4, -0.2) is 17.4 Å². The first-order valence-corrected chi connectivity index (χ1v) is 7.94. The number of ether oxygens (including phenoxy) is 1. The lowest BCUT2D eigenvalue weighted by atomic mass is 10.1. The second-order valence-corrected chi connectivity index (χ2v) is 5.91. The van der Waals surface area contributed by atoms with Gasteiger partial charge >= 0.3 is 6.36 Å². The highest BCUT2D eigenvalue weighted by atomic mass is 32.1. The van der Waals surface area contributed by atoms with Crippen molar-refractivity contribution in [3.63, 3.8) is 0 Å². The van der Waals surface area contributed by atoms with E-state index in [0.717, 1.165) is 23.3 Å². The van der Waals surface area contributed by atoms with Gasteiger partial charge in [0.25, 0.3) is 5.91 Å². The van der Waals surface area contributed by atoms with Crippen molar-refractivity contribution in [2.45, 2.75) is 13.3 Å². The predicted octanol–water partition coefficient (Wildman–Crippen LogP) is 4.16. The molecule has 2 aromatic carbocycles. The van der Waals surface area contributed by atoms with E-state index in [1.807, 2.05) is 31.2 Å². The molecule has 3 rings (SSSR count). The van der Waals surface area contributed by atoms with Gasteiger partial charge in [0.15, 0.2) is 5.11 Å². The Morgan fingerprint density at radius 3 is 2.38 bits per heavy atom. The number of hydrogen-bond acceptors (Lipinski definition) is 3. The summed E-state index contributed by atoms with van der Waals surface area (Å²) in [5, 5.41) is 2.99. The summed E-state index contributed by atoms with van der Waals surface area (Å²) in [7, 11) is 0. The van der Waals surface area contributed by atoms with Gasteiger partial charge in [-0.05, 0) is 60.6 Å². The molecule has 0 radical (unpaired) electrons. The molecule has 134 valence electrons. The fourth-order valence-corrected chi connectivity index (χ4v) is 2.77. The quantitative estimate of drug-likeness (QED) is 0.643. The number of alkyl halides is 3. The molecule has 4 nitrogen and oxygen atoms in total. The van der Waals surface area contributed by atoms with E-state index in [1.54, 1.807) is 6.08 Å². The molecule has 1 saturated heterocycles. The molecule has 0 atom stereocenters. The first-order valence-electron chi connectivity index (χ1n) is 7.53. The number of carbonyl (C=O) groups is 1. The lowest BCUT2D eigenvalue weighted by Gasteiger charge is -2.15. The standard InChI is InChI=1S/C18H13F3N2O2S/c1-11-4-2-3-5-12(11)10-15-16(24)23(17(26)22-15)13-6-8-14(9-7-13)25-18(19,20)21/h2-10H,1H3,(H,22,26)/b15-10-. The first-order chi connectivity index (χ1) is 12.2. The van der Waals surface area contributed by atoms with Crippen LogP contribution in [0.4, 0.5) is 18.9 Å². The van der Waals surface area contributed by atoms with Crippen LogP contribution in [0.5, 0.6) is 5.75 Å². The monoisotopic (exact) mass is 378 g/mol. The molecule has 0 saturated carbocycles. The molecule has 1 N–H and O–H groups in total. The zero-order chi connectivity index (χ0) is 18.9. The average molecular weight is 378 g/mol. The van der Waals surface area contributed by atoms with Gasteiger partial charge in [-0.3, -0.25) is 9.69 Å². The van der Waals surface area contributed by atoms with Crippen molar-refractivity contribution in [1.29, 1.82) is 0 Å². The minimum atomic E-state index is -4.77. The summed E-state index contributed by atoms with van der Waals surface area (Å²) in [6, 6.07) is 12.5. The van der Waals surface area contributed by atoms with Crippen molar-refractivity contribution >= 4 is 35.0 Å². The molecule has 8 heteroatoms. The lowest BCUT2D eigenvalue weighted by Crippen LogP contribution is -2.30. The van der Waals surface area contributed by atoms with Crippen molar-refractivity contribution in [2.24, 2.45) is 0 Å². The third-order valence-corrected chi connectivity index (χ3v) is 3.98. The number of nitrogens with zero attached hydrogens (tertiary/aromatic N) is 1. The number of amides is 1. The molecule has 0 aromatic heterocycles. The van der Waals surface area contributed by atoms with E-state index in [0.29, 0.717) is 11.4 Å². The van der Waals surface area contributed by atoms with Gasteiger partial charge in [-0.25, -0.2) is 0 Å². The summed E-state index contributed by atoms with van der Waals surface area (Å²) in [4.78, 5) is 13.9. The number of thiocarbonyl (C=S) groups is 1. The van der Waals surface area contributed by atoms with E-state index in [9.17, 15) is 18.0 Å². The Morgan fingerprint density at radius 2 is 1.77 bits per heavy atom. The lowest BCUT2D eigenvalue weighted by molar-refractivity contribution is -0.274. The van der Waals surface area contributed by atoms with Gasteiger partial charge < -0.3 is 10.1 Å². The van der Waals surface area contributed by atoms with Crippen LogP contribution >= 0.6 is 12.2 Å². The molecule has 0 spiro atoms. The van der Waals surface area contributed by atoms with Crippen molar-refractivity contribution < 1.29 is 22.7 Å². The van der Waals surface area contributed by atoms with Gasteiger partial charge in [0, 0.05) is 0 Å². The third-order valence-electron chi connectivity index (χ3n) is 3.69. The van der Waals surface area contributed by atoms with Gasteiger partial charge in [0.05, 0.1) is 5.69 Å². The molecule has 26 heavy (non-hydrogen) atoms. The van der Waals surface area contributed by atoms with Gasteiger partial charge in [0.1, 0.15) is 11.4 Å². The maximum Gasteiger partial charge on any atom is 0.573 e. The van der Waals surface area contributed by atoms with E-state index in [4.69, 9.17) is 12.2 Å². The summed E-state index contributed by atoms with van der Waals surface area (Å²) in [5.41, 5.74) is 2.49. The summed E-state index contributed by atoms with van der Waals surface area (Å²) in [5.74, 6) is -0.759. The smallest absolute Gasteiger partial charge is 0.406 e. The average Bonchev–Trinajstić information content (AvgIpc) is 2.83. The molecule has 0 bridgehead atoms. The third kappa shape index (κ3) is 3.85. The summed E-state index contributed by atoms with van der Waals surface area (Å²) < 4.78 is 40.5. The first kappa shape index (κ1) is 17.9. The topological polar surface area (TPSA) is 41.6 Å². The molecule has 0 unspecified atom stereocenters. The summed E-state index contributed by atoms with van der Waals surface area (Å²) in [6.07, 6.45) is -3.09. The van der Waals surface area contributed by atoms with E-state index >= 15 is 0 Å². The summed E-state index contributed by atoms with van der Waals surface area (Å²) >= 11 is 5.19. The SMILES string of the molecule is Cc1ccccc1/C=C1\NC(=S)N(c2ccc(OC(F)(F)F)cc2)C1=O. The van der Waals surface area contributed by atoms with Gasteiger partial charge in [-0.2, -0.15) is 0 Å². The summed E-state index contributed by atoms with van der Waals surface area (Å²) in [6.45, 7) is 1.92. The van der Waals surface area contributed by atoms with Crippen LogP contribution in [-0.2, 0) is 4.79 Å². The van der Waals surface area contributed by atoms with Gasteiger partial charge in [0.2, 0.25) is 0 Å². The highest BCUT2D eigenvalue weighted by Crippen LogP contribution is 2.28. The van der Waals surface area contributed by atoms with E-state index in [2.05, 4.69) is 10.1 Å². The number of hydrogen-bond donors (Lipinski definition) is 1. The molecule has 1 heterocycles. The Labute approximate surface area is 152 Å². The number of benzene rings is 2. The largest absolute Gasteiger partial charge is 0.573 e. The Hall–Kier alpha value is -2.87. The van der Waals surface area contributed by atoms with E-state index < -0.39 is 6.36 Å². The highest BCUT2D eigenvalue weighted by molar-refractivity contribution is 7.80. The zero-order valence-corrected chi connectivity index (χ0v) is 14.3. The van der Waals surface area contributed by atoms with Crippen molar-refractivity contribution in [3.05, 3.63) is 65.4 Å². The van der Waals surface area contributed by atoms with Crippen molar-refractivity contribution in [3.8, 4) is 5.75 Å². The zero-order valence-electron chi connectivity index (χ0n) is 13.5. The molecule has 0 aliphatic carbocycles. The maximum atomic E-state index is 12.6. The van der Waals surface area contributed by atoms with E-state index in [1.165, 1.54) is 17.0 Å². The van der Waals surface area contributed by atoms with E-state index in [-0.39, 0.29) is 16.8 Å². The Bertz CT molecular complexity index is 892. The molecule has 1 fully saturated rings. The molecule has 1 aliphatic rings. The Kier molecular flexibility index (Phi) is 4.69. The fraction of sp³-hybridized carbons (Fsp3) is 0.111. The highest BCUT2D eigenvalue weighted by Gasteiger charge is 2.33. The van der Waals surface area contributed by atoms with Crippen LogP contribution < -0.4 is 15.0 Å². The fourth-order valence-electron chi connectivity index (χ4n) is 2.47. The second kappa shape index (κ2) is 6.80. The predicted molar refractivity (Wildman–Crippen MR) is 95.5 cm³/mol. The number of halogens is 3. The van der Waals surface area contributed by atoms with Crippen LogP contribution in [0.15, 0.2) is 54.2 Å². The second-order valence-electron chi connectivity index (χ2n) is 5.53. The molecular formula is C18H13F3N2O2S. The number of rotatable bonds is 3. The maximum absolute atomic E-state index is 12.6. The number of carbonyl (C=O) groups excluding carboxylic acids is 1. The minimum Gasteiger partial charge on any atom is -0.406 e. The van der Waals surface area contributed by atoms with Crippen molar-refractivity contribution in [2.75, 3.05) is 4.90 Å². The van der Waals surface area contributed by atoms with Crippen molar-refractivity contribution in [1.82, 2.24) is 5.32 Å². The molecule has 1 amide bonds. The minimum absolute atomic E-state index is 0.152. The number of aryl methyl sites for hydroxylation is 1. The van der Waals surface area contributed by atoms with Crippen LogP contribution in [0, 0.1) is 6.92 Å². The Balaban J connectivity index is 1.84. The van der Waals surface area contributed by atoms with Crippen LogP contribution in [0.3, 0.4) is 0 Å². The molecule has 1 aliphatic heterocycles. The number of nitrogens with one attached hydrogen (secondary N) is 1. The number of anilines is 1. The van der Waals surface area contributed by atoms with Crippen LogP contribution in [0.2, 0.25) is 0 Å². The Morgan fingerprint density at radius 1 is 1.12 bits per heavy atom.